The quantitative estimate of drug-likeness (QED) is 0.486. The molecule has 31 heavy (non-hydrogen) atoms. The van der Waals surface area contributed by atoms with Gasteiger partial charge in [-0.3, -0.25) is 9.59 Å². The lowest BCUT2D eigenvalue weighted by Crippen LogP contribution is -2.40. The first-order chi connectivity index (χ1) is 14.8. The van der Waals surface area contributed by atoms with Crippen molar-refractivity contribution in [3.05, 3.63) is 66.2 Å². The van der Waals surface area contributed by atoms with Gasteiger partial charge in [0.25, 0.3) is 5.91 Å². The highest BCUT2D eigenvalue weighted by atomic mass is 35.5. The minimum Gasteiger partial charge on any atom is -0.454 e. The first-order valence-corrected chi connectivity index (χ1v) is 10.8. The summed E-state index contributed by atoms with van der Waals surface area (Å²) in [5.41, 5.74) is 0.836. The van der Waals surface area contributed by atoms with Crippen molar-refractivity contribution in [3.8, 4) is 5.69 Å². The van der Waals surface area contributed by atoms with Gasteiger partial charge in [0.1, 0.15) is 18.7 Å². The molecule has 0 aliphatic heterocycles. The molecule has 1 amide bonds. The molecule has 162 valence electrons. The molecule has 1 heterocycles. The summed E-state index contributed by atoms with van der Waals surface area (Å²) in [4.78, 5) is 28.3. The van der Waals surface area contributed by atoms with E-state index in [1.54, 1.807) is 30.3 Å². The zero-order valence-electron chi connectivity index (χ0n) is 16.2. The molecule has 0 saturated carbocycles. The summed E-state index contributed by atoms with van der Waals surface area (Å²) in [5.74, 6) is -1.55. The normalized spacial score (nSPS) is 12.2. The molecule has 0 aliphatic carbocycles. The Balaban J connectivity index is 1.59. The second kappa shape index (κ2) is 9.69. The van der Waals surface area contributed by atoms with Crippen LogP contribution in [0.2, 0.25) is 5.02 Å². The first kappa shape index (κ1) is 22.4. The SMILES string of the molecule is C[C@H](NS(=O)(=O)c1ccccc1)C(=O)OCC(=O)Nc1cc(Cl)ccc1-n1cncn1. The number of benzene rings is 2. The summed E-state index contributed by atoms with van der Waals surface area (Å²) in [6.07, 6.45) is 2.78. The molecule has 3 rings (SSSR count). The highest BCUT2D eigenvalue weighted by Gasteiger charge is 2.23. The second-order valence-electron chi connectivity index (χ2n) is 6.31. The predicted molar refractivity (Wildman–Crippen MR) is 112 cm³/mol. The van der Waals surface area contributed by atoms with E-state index in [1.165, 1.54) is 42.5 Å². The predicted octanol–water partition coefficient (Wildman–Crippen LogP) is 1.77. The molecule has 0 radical (unpaired) electrons. The van der Waals surface area contributed by atoms with E-state index in [2.05, 4.69) is 20.1 Å². The van der Waals surface area contributed by atoms with Crippen LogP contribution in [-0.2, 0) is 24.3 Å². The number of hydrogen-bond acceptors (Lipinski definition) is 7. The Bertz CT molecular complexity index is 1170. The van der Waals surface area contributed by atoms with E-state index in [1.807, 2.05) is 0 Å². The maximum atomic E-state index is 12.3. The van der Waals surface area contributed by atoms with Gasteiger partial charge in [-0.05, 0) is 37.3 Å². The number of amides is 1. The zero-order chi connectivity index (χ0) is 22.4. The van der Waals surface area contributed by atoms with E-state index in [0.29, 0.717) is 16.4 Å². The van der Waals surface area contributed by atoms with Gasteiger partial charge in [-0.2, -0.15) is 9.82 Å². The van der Waals surface area contributed by atoms with E-state index < -0.39 is 34.5 Å². The number of aromatic nitrogens is 3. The molecule has 1 aromatic heterocycles. The lowest BCUT2D eigenvalue weighted by Gasteiger charge is -2.14. The lowest BCUT2D eigenvalue weighted by atomic mass is 10.2. The van der Waals surface area contributed by atoms with Crippen LogP contribution in [0.25, 0.3) is 5.69 Å². The molecule has 1 atom stereocenters. The number of esters is 1. The van der Waals surface area contributed by atoms with Crippen molar-refractivity contribution < 1.29 is 22.7 Å². The van der Waals surface area contributed by atoms with Crippen LogP contribution in [0.1, 0.15) is 6.92 Å². The number of halogens is 1. The molecule has 2 aromatic carbocycles. The van der Waals surface area contributed by atoms with E-state index in [0.717, 1.165) is 0 Å². The second-order valence-corrected chi connectivity index (χ2v) is 8.46. The molecule has 0 fully saturated rings. The van der Waals surface area contributed by atoms with E-state index in [4.69, 9.17) is 16.3 Å². The Hall–Kier alpha value is -3.28. The summed E-state index contributed by atoms with van der Waals surface area (Å²) in [7, 11) is -3.91. The van der Waals surface area contributed by atoms with Crippen LogP contribution < -0.4 is 10.0 Å². The molecule has 12 heteroatoms. The number of carbonyl (C=O) groups is 2. The van der Waals surface area contributed by atoms with Gasteiger partial charge in [0.2, 0.25) is 10.0 Å². The molecule has 0 saturated heterocycles. The van der Waals surface area contributed by atoms with Crippen molar-refractivity contribution in [3.63, 3.8) is 0 Å². The average Bonchev–Trinajstić information content (AvgIpc) is 3.27. The van der Waals surface area contributed by atoms with Crippen molar-refractivity contribution >= 4 is 39.2 Å². The lowest BCUT2D eigenvalue weighted by molar-refractivity contribution is -0.148. The van der Waals surface area contributed by atoms with Gasteiger partial charge in [-0.1, -0.05) is 29.8 Å². The third kappa shape index (κ3) is 5.87. The fraction of sp³-hybridized carbons (Fsp3) is 0.158. The summed E-state index contributed by atoms with van der Waals surface area (Å²) >= 11 is 6.00. The maximum Gasteiger partial charge on any atom is 0.324 e. The van der Waals surface area contributed by atoms with Crippen molar-refractivity contribution in [2.45, 2.75) is 17.9 Å². The highest BCUT2D eigenvalue weighted by Crippen LogP contribution is 2.23. The van der Waals surface area contributed by atoms with Crippen LogP contribution in [0.15, 0.2) is 66.1 Å². The number of ether oxygens (including phenoxy) is 1. The third-order valence-electron chi connectivity index (χ3n) is 3.98. The molecule has 10 nitrogen and oxygen atoms in total. The number of nitrogens with zero attached hydrogens (tertiary/aromatic N) is 3. The van der Waals surface area contributed by atoms with Gasteiger partial charge in [-0.15, -0.1) is 0 Å². The maximum absolute atomic E-state index is 12.3. The molecule has 0 bridgehead atoms. The van der Waals surface area contributed by atoms with Crippen LogP contribution in [0.5, 0.6) is 0 Å². The minimum absolute atomic E-state index is 0.00832. The van der Waals surface area contributed by atoms with E-state index in [9.17, 15) is 18.0 Å². The molecule has 0 aliphatic rings. The molecular weight excluding hydrogens is 446 g/mol. The summed E-state index contributed by atoms with van der Waals surface area (Å²) in [5, 5.41) is 6.96. The molecule has 3 aromatic rings. The summed E-state index contributed by atoms with van der Waals surface area (Å²) < 4.78 is 33.1. The number of nitrogens with one attached hydrogen (secondary N) is 2. The monoisotopic (exact) mass is 463 g/mol. The summed E-state index contributed by atoms with van der Waals surface area (Å²) in [6.45, 7) is 0.695. The first-order valence-electron chi connectivity index (χ1n) is 8.94. The number of hydrogen-bond donors (Lipinski definition) is 2. The van der Waals surface area contributed by atoms with Crippen molar-refractivity contribution in [2.24, 2.45) is 0 Å². The smallest absolute Gasteiger partial charge is 0.324 e. The van der Waals surface area contributed by atoms with Crippen LogP contribution >= 0.6 is 11.6 Å². The van der Waals surface area contributed by atoms with Crippen LogP contribution in [0, 0.1) is 0 Å². The summed E-state index contributed by atoms with van der Waals surface area (Å²) in [6, 6.07) is 11.1. The average molecular weight is 464 g/mol. The van der Waals surface area contributed by atoms with Gasteiger partial charge < -0.3 is 10.1 Å². The highest BCUT2D eigenvalue weighted by molar-refractivity contribution is 7.89. The van der Waals surface area contributed by atoms with Crippen LogP contribution in [0.4, 0.5) is 5.69 Å². The fourth-order valence-corrected chi connectivity index (χ4v) is 3.92. The molecular formula is C19H18ClN5O5S. The Morgan fingerprint density at radius 3 is 2.61 bits per heavy atom. The van der Waals surface area contributed by atoms with E-state index in [-0.39, 0.29) is 4.90 Å². The number of carbonyl (C=O) groups excluding carboxylic acids is 2. The molecule has 2 N–H and O–H groups in total. The Kier molecular flexibility index (Phi) is 7.00. The van der Waals surface area contributed by atoms with Gasteiger partial charge in [0, 0.05) is 5.02 Å². The van der Waals surface area contributed by atoms with Gasteiger partial charge in [0.05, 0.1) is 16.3 Å². The molecule has 0 unspecified atom stereocenters. The Morgan fingerprint density at radius 1 is 1.19 bits per heavy atom. The van der Waals surface area contributed by atoms with Gasteiger partial charge >= 0.3 is 5.97 Å². The number of sulfonamides is 1. The standard InChI is InChI=1S/C19H18ClN5O5S/c1-13(24-31(28,29)15-5-3-2-4-6-15)19(27)30-10-18(26)23-16-9-14(20)7-8-17(16)25-12-21-11-22-25/h2-9,11-13,24H,10H2,1H3,(H,23,26)/t13-/m0/s1. The van der Waals surface area contributed by atoms with Gasteiger partial charge in [-0.25, -0.2) is 18.1 Å². The van der Waals surface area contributed by atoms with Crippen LogP contribution in [-0.4, -0.2) is 47.7 Å². The third-order valence-corrected chi connectivity index (χ3v) is 5.77. The van der Waals surface area contributed by atoms with Gasteiger partial charge in [0.15, 0.2) is 6.61 Å². The molecule has 0 spiro atoms. The number of rotatable bonds is 8. The number of anilines is 1. The van der Waals surface area contributed by atoms with Crippen LogP contribution in [0.3, 0.4) is 0 Å². The largest absolute Gasteiger partial charge is 0.454 e. The zero-order valence-corrected chi connectivity index (χ0v) is 17.8. The Morgan fingerprint density at radius 2 is 1.94 bits per heavy atom. The Labute approximate surface area is 183 Å². The minimum atomic E-state index is -3.91. The van der Waals surface area contributed by atoms with E-state index >= 15 is 0 Å². The van der Waals surface area contributed by atoms with Crippen molar-refractivity contribution in [1.29, 1.82) is 0 Å². The van der Waals surface area contributed by atoms with Crippen molar-refractivity contribution in [2.75, 3.05) is 11.9 Å². The topological polar surface area (TPSA) is 132 Å². The fourth-order valence-electron chi connectivity index (χ4n) is 2.54. The van der Waals surface area contributed by atoms with Crippen molar-refractivity contribution in [1.82, 2.24) is 19.5 Å².